The Balaban J connectivity index is 4.29. The smallest absolute Gasteiger partial charge is 0.306 e. The van der Waals surface area contributed by atoms with Crippen molar-refractivity contribution in [1.29, 1.82) is 0 Å². The molecule has 0 saturated carbocycles. The van der Waals surface area contributed by atoms with Crippen LogP contribution in [-0.2, 0) is 28.6 Å². The van der Waals surface area contributed by atoms with Crippen LogP contribution in [0.4, 0.5) is 0 Å². The van der Waals surface area contributed by atoms with Crippen LogP contribution in [0.25, 0.3) is 0 Å². The Kier molecular flexibility index (Phi) is 57.8. The van der Waals surface area contributed by atoms with Crippen LogP contribution in [0.2, 0.25) is 0 Å². The molecule has 0 N–H and O–H groups in total. The van der Waals surface area contributed by atoms with Crippen LogP contribution in [-0.4, -0.2) is 37.2 Å². The third-order valence-electron chi connectivity index (χ3n) is 13.4. The highest BCUT2D eigenvalue weighted by Crippen LogP contribution is 2.17. The van der Waals surface area contributed by atoms with Gasteiger partial charge in [-0.3, -0.25) is 14.4 Å². The topological polar surface area (TPSA) is 78.9 Å². The molecular formula is C66H116O6. The molecule has 72 heavy (non-hydrogen) atoms. The molecule has 0 aromatic heterocycles. The average molecular weight is 1010 g/mol. The third kappa shape index (κ3) is 57.7. The van der Waals surface area contributed by atoms with Crippen LogP contribution in [0.1, 0.15) is 310 Å². The first-order chi connectivity index (χ1) is 35.5. The molecule has 0 spiro atoms. The van der Waals surface area contributed by atoms with Gasteiger partial charge in [0, 0.05) is 19.3 Å². The molecule has 6 heteroatoms. The predicted molar refractivity (Wildman–Crippen MR) is 311 cm³/mol. The molecule has 0 amide bonds. The molecule has 0 heterocycles. The number of ether oxygens (including phenoxy) is 3. The van der Waals surface area contributed by atoms with E-state index in [-0.39, 0.29) is 37.5 Å². The summed E-state index contributed by atoms with van der Waals surface area (Å²) in [5, 5.41) is 0. The molecular weight excluding hydrogens is 889 g/mol. The third-order valence-corrected chi connectivity index (χ3v) is 13.4. The van der Waals surface area contributed by atoms with E-state index >= 15 is 0 Å². The highest BCUT2D eigenvalue weighted by atomic mass is 16.6. The minimum absolute atomic E-state index is 0.0891. The Morgan fingerprint density at radius 2 is 0.556 bits per heavy atom. The van der Waals surface area contributed by atoms with Crippen LogP contribution < -0.4 is 0 Å². The van der Waals surface area contributed by atoms with Crippen molar-refractivity contribution in [3.05, 3.63) is 72.9 Å². The summed E-state index contributed by atoms with van der Waals surface area (Å²) in [6.45, 7) is 6.49. The second-order valence-corrected chi connectivity index (χ2v) is 20.6. The van der Waals surface area contributed by atoms with Crippen LogP contribution in [0.5, 0.6) is 0 Å². The summed E-state index contributed by atoms with van der Waals surface area (Å²) in [6, 6.07) is 0. The van der Waals surface area contributed by atoms with Crippen molar-refractivity contribution >= 4 is 17.9 Å². The van der Waals surface area contributed by atoms with E-state index in [1.807, 2.05) is 0 Å². The fraction of sp³-hybridized carbons (Fsp3) is 0.773. The number of carbonyl (C=O) groups is 3. The van der Waals surface area contributed by atoms with Gasteiger partial charge in [0.05, 0.1) is 0 Å². The molecule has 0 saturated heterocycles. The maximum atomic E-state index is 12.9. The van der Waals surface area contributed by atoms with Crippen molar-refractivity contribution in [2.45, 2.75) is 316 Å². The first-order valence-corrected chi connectivity index (χ1v) is 30.9. The Labute approximate surface area is 446 Å². The average Bonchev–Trinajstić information content (AvgIpc) is 3.38. The van der Waals surface area contributed by atoms with E-state index in [0.29, 0.717) is 12.8 Å². The van der Waals surface area contributed by atoms with E-state index in [9.17, 15) is 14.4 Å². The SMILES string of the molecule is CC/C=C\C/C=C\C/C=C\C/C=C\C/C=C\CCCCCC(=O)OC(COC(=O)CCCCCCC/C=C\CCCC)COC(=O)CCCCCCCCCCCCCCCCCCCCCCCCCC. The standard InChI is InChI=1S/C66H116O6/c1-4-7-10-13-16-19-22-24-26-28-30-31-32-33-34-36-37-39-41-44-47-50-53-56-59-65(68)71-62-63(61-70-64(67)58-55-52-49-46-43-21-18-15-12-9-6-3)72-66(69)60-57-54-51-48-45-42-40-38-35-29-27-25-23-20-17-14-11-8-5-2/h8,11,15,17-18,20,25,27,35,38,42,45,63H,4-7,9-10,12-14,16,19,21-24,26,28-34,36-37,39-41,43-44,46-62H2,1-3H3/b11-8-,18-15-,20-17-,27-25-,38-35-,45-42-. The number of hydrogen-bond acceptors (Lipinski definition) is 6. The fourth-order valence-electron chi connectivity index (χ4n) is 8.81. The molecule has 1 unspecified atom stereocenters. The number of hydrogen-bond donors (Lipinski definition) is 0. The van der Waals surface area contributed by atoms with Gasteiger partial charge >= 0.3 is 17.9 Å². The normalized spacial score (nSPS) is 12.5. The first-order valence-electron chi connectivity index (χ1n) is 30.9. The van der Waals surface area contributed by atoms with E-state index in [1.165, 1.54) is 167 Å². The summed E-state index contributed by atoms with van der Waals surface area (Å²) in [5.74, 6) is -0.920. The lowest BCUT2D eigenvalue weighted by atomic mass is 10.0. The molecule has 0 aromatic rings. The van der Waals surface area contributed by atoms with E-state index in [1.54, 1.807) is 0 Å². The van der Waals surface area contributed by atoms with Gasteiger partial charge in [0.15, 0.2) is 6.10 Å². The van der Waals surface area contributed by atoms with Gasteiger partial charge in [-0.05, 0) is 83.5 Å². The van der Waals surface area contributed by atoms with Gasteiger partial charge in [0.25, 0.3) is 0 Å². The van der Waals surface area contributed by atoms with Crippen LogP contribution in [0.3, 0.4) is 0 Å². The van der Waals surface area contributed by atoms with E-state index in [0.717, 1.165) is 103 Å². The largest absolute Gasteiger partial charge is 0.462 e. The molecule has 0 fully saturated rings. The summed E-state index contributed by atoms with van der Waals surface area (Å²) in [6.07, 6.45) is 77.7. The van der Waals surface area contributed by atoms with Gasteiger partial charge < -0.3 is 14.2 Å². The molecule has 416 valence electrons. The Hall–Kier alpha value is -3.15. The molecule has 0 aliphatic heterocycles. The Morgan fingerprint density at radius 3 is 0.917 bits per heavy atom. The second-order valence-electron chi connectivity index (χ2n) is 20.6. The maximum absolute atomic E-state index is 12.9. The van der Waals surface area contributed by atoms with Gasteiger partial charge in [-0.25, -0.2) is 0 Å². The van der Waals surface area contributed by atoms with E-state index in [4.69, 9.17) is 14.2 Å². The maximum Gasteiger partial charge on any atom is 0.306 e. The zero-order valence-corrected chi connectivity index (χ0v) is 47.7. The van der Waals surface area contributed by atoms with Gasteiger partial charge in [-0.1, -0.05) is 280 Å². The molecule has 0 rings (SSSR count). The second kappa shape index (κ2) is 60.4. The summed E-state index contributed by atoms with van der Waals surface area (Å²) in [7, 11) is 0. The molecule has 0 radical (unpaired) electrons. The minimum Gasteiger partial charge on any atom is -0.462 e. The summed E-state index contributed by atoms with van der Waals surface area (Å²) in [4.78, 5) is 38.2. The summed E-state index contributed by atoms with van der Waals surface area (Å²) >= 11 is 0. The number of allylic oxidation sites excluding steroid dienone is 12. The minimum atomic E-state index is -0.795. The number of rotatable bonds is 56. The monoisotopic (exact) mass is 1000 g/mol. The highest BCUT2D eigenvalue weighted by Gasteiger charge is 2.19. The molecule has 0 aromatic carbocycles. The van der Waals surface area contributed by atoms with Crippen LogP contribution in [0.15, 0.2) is 72.9 Å². The van der Waals surface area contributed by atoms with Crippen molar-refractivity contribution in [2.24, 2.45) is 0 Å². The van der Waals surface area contributed by atoms with Crippen molar-refractivity contribution in [3.63, 3.8) is 0 Å². The first kappa shape index (κ1) is 68.8. The quantitative estimate of drug-likeness (QED) is 0.0261. The van der Waals surface area contributed by atoms with Crippen LogP contribution in [0, 0.1) is 0 Å². The lowest BCUT2D eigenvalue weighted by Gasteiger charge is -2.18. The van der Waals surface area contributed by atoms with Gasteiger partial charge in [0.2, 0.25) is 0 Å². The zero-order chi connectivity index (χ0) is 52.2. The van der Waals surface area contributed by atoms with Crippen molar-refractivity contribution in [1.82, 2.24) is 0 Å². The zero-order valence-electron chi connectivity index (χ0n) is 47.7. The van der Waals surface area contributed by atoms with E-state index < -0.39 is 6.10 Å². The van der Waals surface area contributed by atoms with Crippen molar-refractivity contribution in [3.8, 4) is 0 Å². The van der Waals surface area contributed by atoms with Crippen LogP contribution >= 0.6 is 0 Å². The molecule has 0 aliphatic carbocycles. The molecule has 0 aliphatic rings. The number of unbranched alkanes of at least 4 members (excludes halogenated alkanes) is 33. The summed E-state index contributed by atoms with van der Waals surface area (Å²) in [5.41, 5.74) is 0. The van der Waals surface area contributed by atoms with Crippen molar-refractivity contribution < 1.29 is 28.6 Å². The number of carbonyl (C=O) groups excluding carboxylic acids is 3. The van der Waals surface area contributed by atoms with Gasteiger partial charge in [0.1, 0.15) is 13.2 Å². The van der Waals surface area contributed by atoms with Crippen molar-refractivity contribution in [2.75, 3.05) is 13.2 Å². The molecule has 6 nitrogen and oxygen atoms in total. The molecule has 0 bridgehead atoms. The lowest BCUT2D eigenvalue weighted by molar-refractivity contribution is -0.167. The predicted octanol–water partition coefficient (Wildman–Crippen LogP) is 20.9. The highest BCUT2D eigenvalue weighted by molar-refractivity contribution is 5.71. The number of esters is 3. The van der Waals surface area contributed by atoms with E-state index in [2.05, 4.69) is 93.7 Å². The molecule has 1 atom stereocenters. The Morgan fingerprint density at radius 1 is 0.292 bits per heavy atom. The lowest BCUT2D eigenvalue weighted by Crippen LogP contribution is -2.30. The summed E-state index contributed by atoms with van der Waals surface area (Å²) < 4.78 is 16.9. The fourth-order valence-corrected chi connectivity index (χ4v) is 8.81. The van der Waals surface area contributed by atoms with Gasteiger partial charge in [-0.2, -0.15) is 0 Å². The Bertz CT molecular complexity index is 1340. The van der Waals surface area contributed by atoms with Gasteiger partial charge in [-0.15, -0.1) is 0 Å².